The third-order valence-electron chi connectivity index (χ3n) is 5.20. The summed E-state index contributed by atoms with van der Waals surface area (Å²) < 4.78 is 5.20. The Morgan fingerprint density at radius 1 is 1.03 bits per heavy atom. The van der Waals surface area contributed by atoms with Crippen molar-refractivity contribution in [1.82, 2.24) is 4.90 Å². The van der Waals surface area contributed by atoms with Gasteiger partial charge in [-0.25, -0.2) is 0 Å². The molecular formula is C22H18N4O3. The van der Waals surface area contributed by atoms with E-state index in [1.54, 1.807) is 55.6 Å². The minimum Gasteiger partial charge on any atom is -0.497 e. The Morgan fingerprint density at radius 2 is 1.69 bits per heavy atom. The van der Waals surface area contributed by atoms with E-state index in [1.165, 1.54) is 11.9 Å². The molecule has 2 aliphatic heterocycles. The van der Waals surface area contributed by atoms with Crippen LogP contribution in [0, 0.1) is 11.3 Å². The Hall–Kier alpha value is -4.05. The number of methoxy groups -OCH3 is 1. The number of nitrogens with two attached hydrogens (primary N) is 1. The number of carbonyl (C=O) groups excluding carboxylic acids is 2. The summed E-state index contributed by atoms with van der Waals surface area (Å²) in [4.78, 5) is 28.6. The van der Waals surface area contributed by atoms with Crippen molar-refractivity contribution in [3.8, 4) is 11.8 Å². The fraction of sp³-hybridized carbons (Fsp3) is 0.136. The number of rotatable bonds is 3. The molecule has 0 saturated carbocycles. The lowest BCUT2D eigenvalue weighted by molar-refractivity contribution is -0.136. The van der Waals surface area contributed by atoms with Gasteiger partial charge in [0, 0.05) is 12.7 Å². The summed E-state index contributed by atoms with van der Waals surface area (Å²) in [6, 6.07) is 18.2. The van der Waals surface area contributed by atoms with E-state index in [0.717, 1.165) is 4.90 Å². The summed E-state index contributed by atoms with van der Waals surface area (Å²) in [6.45, 7) is 0. The fourth-order valence-electron chi connectivity index (χ4n) is 3.75. The summed E-state index contributed by atoms with van der Waals surface area (Å²) >= 11 is 0. The second-order valence-corrected chi connectivity index (χ2v) is 6.72. The van der Waals surface area contributed by atoms with Crippen molar-refractivity contribution in [1.29, 1.82) is 5.26 Å². The highest BCUT2D eigenvalue weighted by molar-refractivity contribution is 6.22. The molecule has 2 aromatic carbocycles. The molecule has 7 nitrogen and oxygen atoms in total. The van der Waals surface area contributed by atoms with Crippen molar-refractivity contribution in [3.05, 3.63) is 82.8 Å². The van der Waals surface area contributed by atoms with E-state index < -0.39 is 17.7 Å². The number of ether oxygens (including phenoxy) is 1. The van der Waals surface area contributed by atoms with Crippen LogP contribution in [0.4, 0.5) is 5.69 Å². The molecule has 144 valence electrons. The van der Waals surface area contributed by atoms with Crippen molar-refractivity contribution in [3.63, 3.8) is 0 Å². The minimum atomic E-state index is -0.734. The van der Waals surface area contributed by atoms with Gasteiger partial charge in [-0.1, -0.05) is 30.3 Å². The third-order valence-corrected chi connectivity index (χ3v) is 5.20. The van der Waals surface area contributed by atoms with Gasteiger partial charge >= 0.3 is 0 Å². The number of allylic oxidation sites excluding steroid dienone is 1. The molecule has 2 N–H and O–H groups in total. The monoisotopic (exact) mass is 386 g/mol. The standard InChI is InChI=1S/C22H18N4O3/c1-25-21(27)18-17(13-8-10-15(29-2)11-9-13)16(12-23)20(24)26(19(18)22(25)28)14-6-4-3-5-7-14/h3-11,17H,24H2,1-2H3. The maximum atomic E-state index is 13.0. The molecule has 2 amide bonds. The predicted molar refractivity (Wildman–Crippen MR) is 106 cm³/mol. The van der Waals surface area contributed by atoms with Gasteiger partial charge in [0.15, 0.2) is 0 Å². The van der Waals surface area contributed by atoms with E-state index in [-0.39, 0.29) is 22.7 Å². The number of carbonyl (C=O) groups is 2. The first-order valence-corrected chi connectivity index (χ1v) is 8.95. The molecule has 0 fully saturated rings. The Labute approximate surface area is 167 Å². The smallest absolute Gasteiger partial charge is 0.278 e. The molecule has 1 atom stereocenters. The molecule has 4 rings (SSSR count). The number of hydrogen-bond donors (Lipinski definition) is 1. The van der Waals surface area contributed by atoms with Crippen molar-refractivity contribution in [2.24, 2.45) is 5.73 Å². The third kappa shape index (κ3) is 2.65. The fourth-order valence-corrected chi connectivity index (χ4v) is 3.75. The normalized spacial score (nSPS) is 18.9. The number of amides is 2. The van der Waals surface area contributed by atoms with Crippen LogP contribution in [0.2, 0.25) is 0 Å². The van der Waals surface area contributed by atoms with Crippen LogP contribution < -0.4 is 15.4 Å². The van der Waals surface area contributed by atoms with Gasteiger partial charge in [0.1, 0.15) is 17.3 Å². The lowest BCUT2D eigenvalue weighted by atomic mass is 9.81. The quantitative estimate of drug-likeness (QED) is 0.812. The second-order valence-electron chi connectivity index (χ2n) is 6.72. The zero-order valence-corrected chi connectivity index (χ0v) is 15.9. The molecule has 2 aromatic rings. The SMILES string of the molecule is COc1ccc(C2C(C#N)=C(N)N(c3ccccc3)C3=C2C(=O)N(C)C3=O)cc1. The van der Waals surface area contributed by atoms with Crippen LogP contribution in [0.25, 0.3) is 0 Å². The lowest BCUT2D eigenvalue weighted by Gasteiger charge is -2.33. The lowest BCUT2D eigenvalue weighted by Crippen LogP contribution is -2.37. The highest BCUT2D eigenvalue weighted by atomic mass is 16.5. The van der Waals surface area contributed by atoms with Crippen LogP contribution in [0.5, 0.6) is 5.75 Å². The summed E-state index contributed by atoms with van der Waals surface area (Å²) in [5.74, 6) is -0.845. The Bertz CT molecular complexity index is 1110. The molecular weight excluding hydrogens is 368 g/mol. The molecule has 0 spiro atoms. The second kappa shape index (κ2) is 6.84. The Balaban J connectivity index is 1.98. The number of likely N-dealkylation sites (N-methyl/N-ethyl adjacent to an activating group) is 1. The van der Waals surface area contributed by atoms with Crippen molar-refractivity contribution in [2.75, 3.05) is 19.1 Å². The number of hydrogen-bond acceptors (Lipinski definition) is 6. The van der Waals surface area contributed by atoms with E-state index in [4.69, 9.17) is 10.5 Å². The Kier molecular flexibility index (Phi) is 4.32. The van der Waals surface area contributed by atoms with Crippen LogP contribution in [0.3, 0.4) is 0 Å². The van der Waals surface area contributed by atoms with Gasteiger partial charge < -0.3 is 10.5 Å². The van der Waals surface area contributed by atoms with Crippen LogP contribution in [-0.2, 0) is 9.59 Å². The molecule has 7 heteroatoms. The van der Waals surface area contributed by atoms with Gasteiger partial charge in [0.05, 0.1) is 30.2 Å². The van der Waals surface area contributed by atoms with Gasteiger partial charge in [-0.2, -0.15) is 5.26 Å². The number of nitrogens with zero attached hydrogens (tertiary/aromatic N) is 3. The topological polar surface area (TPSA) is 99.7 Å². The molecule has 0 radical (unpaired) electrons. The van der Waals surface area contributed by atoms with E-state index >= 15 is 0 Å². The minimum absolute atomic E-state index is 0.134. The summed E-state index contributed by atoms with van der Waals surface area (Å²) in [6.07, 6.45) is 0. The summed E-state index contributed by atoms with van der Waals surface area (Å²) in [7, 11) is 2.99. The average Bonchev–Trinajstić information content (AvgIpc) is 2.97. The number of nitriles is 1. The predicted octanol–water partition coefficient (Wildman–Crippen LogP) is 2.25. The maximum Gasteiger partial charge on any atom is 0.278 e. The van der Waals surface area contributed by atoms with E-state index in [2.05, 4.69) is 6.07 Å². The molecule has 0 aliphatic carbocycles. The molecule has 2 aliphatic rings. The first-order chi connectivity index (χ1) is 14.0. The molecule has 0 saturated heterocycles. The zero-order valence-electron chi connectivity index (χ0n) is 15.9. The molecule has 0 aromatic heterocycles. The van der Waals surface area contributed by atoms with Crippen LogP contribution >= 0.6 is 0 Å². The summed E-state index contributed by atoms with van der Waals surface area (Å²) in [5.41, 5.74) is 8.34. The Morgan fingerprint density at radius 3 is 2.28 bits per heavy atom. The molecule has 0 bridgehead atoms. The van der Waals surface area contributed by atoms with E-state index in [0.29, 0.717) is 17.0 Å². The van der Waals surface area contributed by atoms with Crippen molar-refractivity contribution >= 4 is 17.5 Å². The number of para-hydroxylation sites is 1. The highest BCUT2D eigenvalue weighted by Crippen LogP contribution is 2.45. The van der Waals surface area contributed by atoms with Crippen LogP contribution in [-0.4, -0.2) is 30.9 Å². The van der Waals surface area contributed by atoms with Gasteiger partial charge in [0.2, 0.25) is 0 Å². The van der Waals surface area contributed by atoms with Crippen LogP contribution in [0.15, 0.2) is 77.3 Å². The first kappa shape index (κ1) is 18.3. The van der Waals surface area contributed by atoms with Crippen molar-refractivity contribution in [2.45, 2.75) is 5.92 Å². The van der Waals surface area contributed by atoms with E-state index in [9.17, 15) is 14.9 Å². The van der Waals surface area contributed by atoms with E-state index in [1.807, 2.05) is 6.07 Å². The maximum absolute atomic E-state index is 13.0. The number of benzene rings is 2. The van der Waals surface area contributed by atoms with Gasteiger partial charge in [0.25, 0.3) is 11.8 Å². The molecule has 1 unspecified atom stereocenters. The molecule has 29 heavy (non-hydrogen) atoms. The van der Waals surface area contributed by atoms with Gasteiger partial charge in [-0.3, -0.25) is 19.4 Å². The van der Waals surface area contributed by atoms with Gasteiger partial charge in [-0.15, -0.1) is 0 Å². The molecule has 2 heterocycles. The number of anilines is 1. The largest absolute Gasteiger partial charge is 0.497 e. The summed E-state index contributed by atoms with van der Waals surface area (Å²) in [5, 5.41) is 9.93. The van der Waals surface area contributed by atoms with Gasteiger partial charge in [-0.05, 0) is 29.8 Å². The zero-order chi connectivity index (χ0) is 20.7. The van der Waals surface area contributed by atoms with Crippen molar-refractivity contribution < 1.29 is 14.3 Å². The average molecular weight is 386 g/mol. The first-order valence-electron chi connectivity index (χ1n) is 8.95. The number of imide groups is 1. The highest BCUT2D eigenvalue weighted by Gasteiger charge is 2.48. The van der Waals surface area contributed by atoms with Crippen LogP contribution in [0.1, 0.15) is 11.5 Å².